The number of amides is 1. The third-order valence-corrected chi connectivity index (χ3v) is 2.75. The highest BCUT2D eigenvalue weighted by molar-refractivity contribution is 7.90. The molecular weight excluding hydrogens is 230 g/mol. The summed E-state index contributed by atoms with van der Waals surface area (Å²) in [6, 6.07) is 0. The molecular formula is C10H19NO4S. The molecule has 0 radical (unpaired) electrons. The number of rotatable bonds is 8. The Kier molecular flexibility index (Phi) is 7.00. The lowest BCUT2D eigenvalue weighted by Gasteiger charge is -2.05. The van der Waals surface area contributed by atoms with Crippen LogP contribution in [0.4, 0.5) is 0 Å². The van der Waals surface area contributed by atoms with Crippen molar-refractivity contribution in [2.45, 2.75) is 13.3 Å². The van der Waals surface area contributed by atoms with E-state index in [1.165, 1.54) is 6.26 Å². The zero-order valence-electron chi connectivity index (χ0n) is 9.78. The van der Waals surface area contributed by atoms with Gasteiger partial charge in [-0.1, -0.05) is 6.58 Å². The van der Waals surface area contributed by atoms with Gasteiger partial charge in [0.2, 0.25) is 5.91 Å². The molecule has 0 spiro atoms. The Balaban J connectivity index is 3.35. The van der Waals surface area contributed by atoms with E-state index in [2.05, 4.69) is 11.9 Å². The van der Waals surface area contributed by atoms with Crippen molar-refractivity contribution in [3.05, 3.63) is 12.2 Å². The lowest BCUT2D eigenvalue weighted by molar-refractivity contribution is -0.117. The quantitative estimate of drug-likeness (QED) is 0.490. The summed E-state index contributed by atoms with van der Waals surface area (Å²) in [6.07, 6.45) is 1.67. The minimum absolute atomic E-state index is 0.130. The maximum absolute atomic E-state index is 11.0. The van der Waals surface area contributed by atoms with Crippen LogP contribution < -0.4 is 5.32 Å². The normalized spacial score (nSPS) is 11.1. The summed E-state index contributed by atoms with van der Waals surface area (Å²) in [5.74, 6) is -0.0646. The fourth-order valence-corrected chi connectivity index (χ4v) is 1.56. The molecule has 0 atom stereocenters. The van der Waals surface area contributed by atoms with Crippen molar-refractivity contribution in [1.29, 1.82) is 0 Å². The Labute approximate surface area is 96.8 Å². The monoisotopic (exact) mass is 249 g/mol. The molecule has 0 saturated carbocycles. The first-order valence-electron chi connectivity index (χ1n) is 5.02. The van der Waals surface area contributed by atoms with E-state index in [4.69, 9.17) is 4.74 Å². The Morgan fingerprint density at radius 3 is 2.50 bits per heavy atom. The zero-order valence-corrected chi connectivity index (χ0v) is 10.6. The lowest BCUT2D eigenvalue weighted by atomic mass is 10.3. The summed E-state index contributed by atoms with van der Waals surface area (Å²) in [4.78, 5) is 11.0. The van der Waals surface area contributed by atoms with Crippen LogP contribution in [0.25, 0.3) is 0 Å². The predicted molar refractivity (Wildman–Crippen MR) is 63.0 cm³/mol. The van der Waals surface area contributed by atoms with Crippen LogP contribution in [-0.4, -0.2) is 46.1 Å². The molecule has 94 valence electrons. The van der Waals surface area contributed by atoms with Crippen LogP contribution in [0.15, 0.2) is 12.2 Å². The summed E-state index contributed by atoms with van der Waals surface area (Å²) in [5, 5.41) is 2.61. The van der Waals surface area contributed by atoms with Gasteiger partial charge in [0.25, 0.3) is 0 Å². The van der Waals surface area contributed by atoms with Gasteiger partial charge >= 0.3 is 0 Å². The van der Waals surface area contributed by atoms with E-state index in [1.54, 1.807) is 6.92 Å². The van der Waals surface area contributed by atoms with Crippen molar-refractivity contribution in [1.82, 2.24) is 5.32 Å². The van der Waals surface area contributed by atoms with Crippen LogP contribution in [0.2, 0.25) is 0 Å². The third kappa shape index (κ3) is 9.67. The lowest BCUT2D eigenvalue weighted by Crippen LogP contribution is -2.27. The molecule has 0 saturated heterocycles. The third-order valence-electron chi connectivity index (χ3n) is 1.72. The van der Waals surface area contributed by atoms with Gasteiger partial charge in [-0.2, -0.15) is 0 Å². The number of ether oxygens (including phenoxy) is 1. The molecule has 0 bridgehead atoms. The van der Waals surface area contributed by atoms with Crippen LogP contribution in [-0.2, 0) is 19.4 Å². The van der Waals surface area contributed by atoms with Crippen LogP contribution in [0.1, 0.15) is 13.3 Å². The van der Waals surface area contributed by atoms with Gasteiger partial charge in [0.15, 0.2) is 0 Å². The molecule has 0 aromatic heterocycles. The number of hydrogen-bond donors (Lipinski definition) is 1. The molecule has 0 heterocycles. The van der Waals surface area contributed by atoms with Crippen molar-refractivity contribution in [3.63, 3.8) is 0 Å². The molecule has 5 nitrogen and oxygen atoms in total. The molecule has 0 aromatic carbocycles. The largest absolute Gasteiger partial charge is 0.380 e. The minimum Gasteiger partial charge on any atom is -0.380 e. The number of hydrogen-bond acceptors (Lipinski definition) is 4. The smallest absolute Gasteiger partial charge is 0.246 e. The van der Waals surface area contributed by atoms with Gasteiger partial charge < -0.3 is 10.1 Å². The SMILES string of the molecule is C=C(C)C(=O)NCCOCCCS(C)(=O)=O. The van der Waals surface area contributed by atoms with Gasteiger partial charge in [0.05, 0.1) is 12.4 Å². The summed E-state index contributed by atoms with van der Waals surface area (Å²) >= 11 is 0. The zero-order chi connectivity index (χ0) is 12.6. The summed E-state index contributed by atoms with van der Waals surface area (Å²) in [5.41, 5.74) is 0.456. The molecule has 0 rings (SSSR count). The fraction of sp³-hybridized carbons (Fsp3) is 0.700. The van der Waals surface area contributed by atoms with Crippen LogP contribution in [0.3, 0.4) is 0 Å². The van der Waals surface area contributed by atoms with E-state index < -0.39 is 9.84 Å². The molecule has 0 aromatic rings. The van der Waals surface area contributed by atoms with Crippen molar-refractivity contribution in [2.75, 3.05) is 31.8 Å². The highest BCUT2D eigenvalue weighted by atomic mass is 32.2. The number of sulfone groups is 1. The molecule has 1 amide bonds. The van der Waals surface area contributed by atoms with Gasteiger partial charge in [0, 0.05) is 25.0 Å². The summed E-state index contributed by atoms with van der Waals surface area (Å²) in [6.45, 7) is 6.29. The molecule has 1 N–H and O–H groups in total. The molecule has 16 heavy (non-hydrogen) atoms. The average molecular weight is 249 g/mol. The van der Waals surface area contributed by atoms with E-state index >= 15 is 0 Å². The number of carbonyl (C=O) groups excluding carboxylic acids is 1. The van der Waals surface area contributed by atoms with Crippen LogP contribution in [0.5, 0.6) is 0 Å². The van der Waals surface area contributed by atoms with E-state index in [0.29, 0.717) is 31.8 Å². The number of nitrogens with one attached hydrogen (secondary N) is 1. The maximum atomic E-state index is 11.0. The Morgan fingerprint density at radius 2 is 2.00 bits per heavy atom. The molecule has 0 aliphatic rings. The molecule has 0 unspecified atom stereocenters. The molecule has 0 aliphatic heterocycles. The first kappa shape index (κ1) is 15.1. The van der Waals surface area contributed by atoms with Gasteiger partial charge in [-0.15, -0.1) is 0 Å². The van der Waals surface area contributed by atoms with E-state index in [1.807, 2.05) is 0 Å². The second kappa shape index (κ2) is 7.40. The Morgan fingerprint density at radius 1 is 1.38 bits per heavy atom. The maximum Gasteiger partial charge on any atom is 0.246 e. The number of carbonyl (C=O) groups is 1. The Hall–Kier alpha value is -0.880. The van der Waals surface area contributed by atoms with Crippen molar-refractivity contribution in [2.24, 2.45) is 0 Å². The molecule has 6 heteroatoms. The van der Waals surface area contributed by atoms with Crippen molar-refractivity contribution in [3.8, 4) is 0 Å². The molecule has 0 fully saturated rings. The van der Waals surface area contributed by atoms with E-state index in [0.717, 1.165) is 0 Å². The van der Waals surface area contributed by atoms with Gasteiger partial charge in [-0.3, -0.25) is 4.79 Å². The first-order valence-corrected chi connectivity index (χ1v) is 7.08. The van der Waals surface area contributed by atoms with Gasteiger partial charge in [-0.05, 0) is 13.3 Å². The van der Waals surface area contributed by atoms with E-state index in [-0.39, 0.29) is 11.7 Å². The first-order chi connectivity index (χ1) is 7.33. The van der Waals surface area contributed by atoms with Crippen molar-refractivity contribution < 1.29 is 17.9 Å². The van der Waals surface area contributed by atoms with Crippen LogP contribution >= 0.6 is 0 Å². The van der Waals surface area contributed by atoms with Gasteiger partial charge in [0.1, 0.15) is 9.84 Å². The second-order valence-corrected chi connectivity index (χ2v) is 5.89. The standard InChI is InChI=1S/C10H19NO4S/c1-9(2)10(12)11-5-7-15-6-4-8-16(3,13)14/h1,4-8H2,2-3H3,(H,11,12). The summed E-state index contributed by atoms with van der Waals surface area (Å²) < 4.78 is 26.7. The predicted octanol–water partition coefficient (Wildman–Crippen LogP) is 0.130. The topological polar surface area (TPSA) is 72.5 Å². The van der Waals surface area contributed by atoms with E-state index in [9.17, 15) is 13.2 Å². The second-order valence-electron chi connectivity index (χ2n) is 3.63. The van der Waals surface area contributed by atoms with Crippen LogP contribution in [0, 0.1) is 0 Å². The highest BCUT2D eigenvalue weighted by Crippen LogP contribution is 1.90. The van der Waals surface area contributed by atoms with Crippen molar-refractivity contribution >= 4 is 15.7 Å². The highest BCUT2D eigenvalue weighted by Gasteiger charge is 2.02. The summed E-state index contributed by atoms with van der Waals surface area (Å²) in [7, 11) is -2.90. The van der Waals surface area contributed by atoms with Gasteiger partial charge in [-0.25, -0.2) is 8.42 Å². The molecule has 0 aliphatic carbocycles. The Bertz CT molecular complexity index is 335. The fourth-order valence-electron chi connectivity index (χ4n) is 0.913. The minimum atomic E-state index is -2.90. The average Bonchev–Trinajstić information content (AvgIpc) is 2.14.